The Morgan fingerprint density at radius 2 is 1.76 bits per heavy atom. The Labute approximate surface area is 174 Å². The van der Waals surface area contributed by atoms with E-state index in [4.69, 9.17) is 0 Å². The first-order valence-electron chi connectivity index (χ1n) is 10.1. The summed E-state index contributed by atoms with van der Waals surface area (Å²) in [6.45, 7) is 10.8. The summed E-state index contributed by atoms with van der Waals surface area (Å²) in [7, 11) is 0. The second kappa shape index (κ2) is 10.1. The van der Waals surface area contributed by atoms with E-state index >= 15 is 0 Å². The van der Waals surface area contributed by atoms with Gasteiger partial charge < -0.3 is 0 Å². The molecule has 2 rings (SSSR count). The largest absolute Gasteiger partial charge is 0.290 e. The van der Waals surface area contributed by atoms with Crippen LogP contribution in [0.5, 0.6) is 0 Å². The average molecular weight is 390 g/mol. The van der Waals surface area contributed by atoms with Gasteiger partial charge in [-0.1, -0.05) is 55.4 Å². The Hall–Kier alpha value is -2.81. The Morgan fingerprint density at radius 1 is 1.07 bits per heavy atom. The van der Waals surface area contributed by atoms with Gasteiger partial charge in [0, 0.05) is 6.08 Å². The van der Waals surface area contributed by atoms with Gasteiger partial charge in [-0.15, -0.1) is 0 Å². The first-order valence-corrected chi connectivity index (χ1v) is 10.1. The predicted octanol–water partition coefficient (Wildman–Crippen LogP) is 6.18. The maximum Gasteiger partial charge on any atom is 0.270 e. The standard InChI is InChI=1S/C26H31NO2/c1-19(11-16-24-21(3)10-7-17-26(24,4)5)8-6-9-20(2)18-25(29)27-22-12-14-23(28)15-13-22/h6,8-9,11-16,18H,7,10,17H2,1-5H3/b9-6+,16-11+,19-8+,20-18+. The molecule has 0 spiro atoms. The number of rotatable bonds is 5. The molecular formula is C26H31NO2. The molecule has 0 aromatic rings. The highest BCUT2D eigenvalue weighted by Gasteiger charge is 2.26. The van der Waals surface area contributed by atoms with Crippen molar-refractivity contribution in [1.29, 1.82) is 0 Å². The van der Waals surface area contributed by atoms with E-state index in [1.807, 2.05) is 25.2 Å². The Bertz CT molecular complexity index is 894. The maximum absolute atomic E-state index is 12.0. The number of nitrogens with zero attached hydrogens (tertiary/aromatic N) is 1. The molecule has 0 heterocycles. The van der Waals surface area contributed by atoms with Crippen molar-refractivity contribution < 1.29 is 9.59 Å². The van der Waals surface area contributed by atoms with E-state index in [0.717, 1.165) is 11.1 Å². The zero-order valence-electron chi connectivity index (χ0n) is 18.2. The molecule has 0 radical (unpaired) electrons. The van der Waals surface area contributed by atoms with Gasteiger partial charge in [0.1, 0.15) is 0 Å². The van der Waals surface area contributed by atoms with Crippen LogP contribution in [-0.2, 0) is 9.59 Å². The number of carbonyl (C=O) groups is 2. The fourth-order valence-electron chi connectivity index (χ4n) is 3.56. The molecular weight excluding hydrogens is 358 g/mol. The lowest BCUT2D eigenvalue weighted by Crippen LogP contribution is -2.19. The van der Waals surface area contributed by atoms with Crippen molar-refractivity contribution in [3.8, 4) is 0 Å². The monoisotopic (exact) mass is 389 g/mol. The van der Waals surface area contributed by atoms with Crippen LogP contribution in [0, 0.1) is 5.41 Å². The molecule has 0 bridgehead atoms. The summed E-state index contributed by atoms with van der Waals surface area (Å²) in [5.74, 6) is -0.436. The van der Waals surface area contributed by atoms with Crippen molar-refractivity contribution in [2.45, 2.75) is 53.9 Å². The Kier molecular flexibility index (Phi) is 7.83. The molecule has 0 saturated carbocycles. The lowest BCUT2D eigenvalue weighted by Gasteiger charge is -2.32. The maximum atomic E-state index is 12.0. The number of carbonyl (C=O) groups excluding carboxylic acids is 2. The van der Waals surface area contributed by atoms with Gasteiger partial charge in [-0.05, 0) is 80.9 Å². The molecule has 3 heteroatoms. The Balaban J connectivity index is 1.99. The molecule has 0 aromatic carbocycles. The van der Waals surface area contributed by atoms with Crippen LogP contribution in [0.4, 0.5) is 0 Å². The van der Waals surface area contributed by atoms with Crippen molar-refractivity contribution in [1.82, 2.24) is 0 Å². The van der Waals surface area contributed by atoms with Gasteiger partial charge in [-0.2, -0.15) is 0 Å². The van der Waals surface area contributed by atoms with Crippen LogP contribution in [0.15, 0.2) is 88.0 Å². The highest BCUT2D eigenvalue weighted by atomic mass is 16.1. The third kappa shape index (κ3) is 7.26. The molecule has 0 atom stereocenters. The summed E-state index contributed by atoms with van der Waals surface area (Å²) in [6.07, 6.45) is 21.4. The quantitative estimate of drug-likeness (QED) is 0.320. The van der Waals surface area contributed by atoms with E-state index < -0.39 is 0 Å². The third-order valence-corrected chi connectivity index (χ3v) is 5.20. The summed E-state index contributed by atoms with van der Waals surface area (Å²) in [5, 5.41) is 0. The summed E-state index contributed by atoms with van der Waals surface area (Å²) < 4.78 is 0. The minimum Gasteiger partial charge on any atom is -0.290 e. The zero-order valence-corrected chi connectivity index (χ0v) is 18.2. The minimum atomic E-state index is -0.340. The fraction of sp³-hybridized carbons (Fsp3) is 0.346. The number of hydrogen-bond acceptors (Lipinski definition) is 2. The third-order valence-electron chi connectivity index (χ3n) is 5.20. The number of aliphatic imine (C=N–C) groups is 1. The molecule has 0 aliphatic heterocycles. The first-order chi connectivity index (χ1) is 13.7. The van der Waals surface area contributed by atoms with E-state index in [-0.39, 0.29) is 17.1 Å². The molecule has 0 unspecified atom stereocenters. The lowest BCUT2D eigenvalue weighted by atomic mass is 9.72. The molecule has 0 N–H and O–H groups in total. The predicted molar refractivity (Wildman–Crippen MR) is 122 cm³/mol. The topological polar surface area (TPSA) is 46.5 Å². The van der Waals surface area contributed by atoms with Gasteiger partial charge in [0.15, 0.2) is 5.78 Å². The Morgan fingerprint density at radius 3 is 2.41 bits per heavy atom. The number of ketones is 1. The molecule has 152 valence electrons. The highest BCUT2D eigenvalue weighted by molar-refractivity contribution is 6.19. The van der Waals surface area contributed by atoms with Gasteiger partial charge in [-0.25, -0.2) is 4.99 Å². The van der Waals surface area contributed by atoms with Crippen LogP contribution < -0.4 is 0 Å². The van der Waals surface area contributed by atoms with Crippen LogP contribution in [0.3, 0.4) is 0 Å². The van der Waals surface area contributed by atoms with E-state index in [2.05, 4.69) is 44.8 Å². The van der Waals surface area contributed by atoms with Crippen LogP contribution in [0.2, 0.25) is 0 Å². The van der Waals surface area contributed by atoms with E-state index in [1.54, 1.807) is 12.2 Å². The van der Waals surface area contributed by atoms with Crippen molar-refractivity contribution >= 4 is 17.4 Å². The van der Waals surface area contributed by atoms with Crippen LogP contribution in [0.1, 0.15) is 53.9 Å². The van der Waals surface area contributed by atoms with Crippen molar-refractivity contribution in [3.05, 3.63) is 83.1 Å². The van der Waals surface area contributed by atoms with Crippen LogP contribution in [-0.4, -0.2) is 17.4 Å². The summed E-state index contributed by atoms with van der Waals surface area (Å²) >= 11 is 0. The van der Waals surface area contributed by atoms with Crippen molar-refractivity contribution in [3.63, 3.8) is 0 Å². The first kappa shape index (κ1) is 22.5. The van der Waals surface area contributed by atoms with Gasteiger partial charge in [0.2, 0.25) is 0 Å². The molecule has 0 fully saturated rings. The van der Waals surface area contributed by atoms with Gasteiger partial charge >= 0.3 is 0 Å². The molecule has 29 heavy (non-hydrogen) atoms. The van der Waals surface area contributed by atoms with Gasteiger partial charge in [-0.3, -0.25) is 9.59 Å². The number of allylic oxidation sites excluding steroid dienone is 13. The van der Waals surface area contributed by atoms with Gasteiger partial charge in [0.05, 0.1) is 5.71 Å². The second-order valence-corrected chi connectivity index (χ2v) is 8.37. The number of hydrogen-bond donors (Lipinski definition) is 0. The second-order valence-electron chi connectivity index (χ2n) is 8.37. The smallest absolute Gasteiger partial charge is 0.270 e. The summed E-state index contributed by atoms with van der Waals surface area (Å²) in [6, 6.07) is 0. The molecule has 3 nitrogen and oxygen atoms in total. The fourth-order valence-corrected chi connectivity index (χ4v) is 3.56. The minimum absolute atomic E-state index is 0.0965. The molecule has 0 aromatic heterocycles. The summed E-state index contributed by atoms with van der Waals surface area (Å²) in [4.78, 5) is 27.0. The van der Waals surface area contributed by atoms with E-state index in [0.29, 0.717) is 5.71 Å². The van der Waals surface area contributed by atoms with Crippen LogP contribution in [0.25, 0.3) is 0 Å². The highest BCUT2D eigenvalue weighted by Crippen LogP contribution is 2.40. The van der Waals surface area contributed by atoms with E-state index in [1.165, 1.54) is 48.6 Å². The normalized spacial score (nSPS) is 20.3. The molecule has 0 saturated heterocycles. The molecule has 2 aliphatic carbocycles. The summed E-state index contributed by atoms with van der Waals surface area (Å²) in [5.41, 5.74) is 5.65. The SMILES string of the molecule is CC1=C(/C=C/C(C)=C/C=C/C(C)=C/C(=O)N=C2C=CC(=O)C=C2)C(C)(C)CCC1. The van der Waals surface area contributed by atoms with Crippen molar-refractivity contribution in [2.24, 2.45) is 10.4 Å². The van der Waals surface area contributed by atoms with Crippen LogP contribution >= 0.6 is 0 Å². The van der Waals surface area contributed by atoms with Crippen molar-refractivity contribution in [2.75, 3.05) is 0 Å². The van der Waals surface area contributed by atoms with Gasteiger partial charge in [0.25, 0.3) is 5.91 Å². The lowest BCUT2D eigenvalue weighted by molar-refractivity contribution is -0.113. The van der Waals surface area contributed by atoms with E-state index in [9.17, 15) is 9.59 Å². The average Bonchev–Trinajstić information content (AvgIpc) is 2.62. The molecule has 1 amide bonds. The molecule has 2 aliphatic rings. The zero-order chi connectivity index (χ0) is 21.4. The number of amides is 1.